The third-order valence-electron chi connectivity index (χ3n) is 2.00. The number of thiazole rings is 1. The van der Waals surface area contributed by atoms with Crippen molar-refractivity contribution in [3.63, 3.8) is 0 Å². The fourth-order valence-electron chi connectivity index (χ4n) is 1.31. The van der Waals surface area contributed by atoms with Gasteiger partial charge >= 0.3 is 0 Å². The standard InChI is InChI=1S/C8H11N3OS/c12-8-5-9-1-3-11(8)6-7-10-2-4-13-7/h2,4,9H,1,3,5-6H2. The molecule has 0 aromatic carbocycles. The number of aromatic nitrogens is 1. The Morgan fingerprint density at radius 2 is 2.62 bits per heavy atom. The predicted molar refractivity (Wildman–Crippen MR) is 50.4 cm³/mol. The highest BCUT2D eigenvalue weighted by Gasteiger charge is 2.17. The minimum absolute atomic E-state index is 0.168. The van der Waals surface area contributed by atoms with Gasteiger partial charge in [-0.15, -0.1) is 11.3 Å². The van der Waals surface area contributed by atoms with Gasteiger partial charge in [-0.05, 0) is 0 Å². The molecule has 1 aromatic rings. The second kappa shape index (κ2) is 3.85. The molecule has 5 heteroatoms. The molecular formula is C8H11N3OS. The first kappa shape index (κ1) is 8.65. The van der Waals surface area contributed by atoms with Crippen molar-refractivity contribution in [2.75, 3.05) is 19.6 Å². The maximum absolute atomic E-state index is 11.4. The minimum Gasteiger partial charge on any atom is -0.334 e. The van der Waals surface area contributed by atoms with Crippen molar-refractivity contribution in [3.8, 4) is 0 Å². The number of carbonyl (C=O) groups excluding carboxylic acids is 1. The van der Waals surface area contributed by atoms with Gasteiger partial charge in [-0.2, -0.15) is 0 Å². The fourth-order valence-corrected chi connectivity index (χ4v) is 1.94. The summed E-state index contributed by atoms with van der Waals surface area (Å²) >= 11 is 1.59. The molecule has 1 aliphatic heterocycles. The Morgan fingerprint density at radius 3 is 3.31 bits per heavy atom. The summed E-state index contributed by atoms with van der Waals surface area (Å²) in [6.45, 7) is 2.80. The van der Waals surface area contributed by atoms with Gasteiger partial charge < -0.3 is 10.2 Å². The zero-order valence-corrected chi connectivity index (χ0v) is 8.01. The molecule has 1 N–H and O–H groups in total. The van der Waals surface area contributed by atoms with E-state index in [-0.39, 0.29) is 5.91 Å². The van der Waals surface area contributed by atoms with E-state index in [9.17, 15) is 4.79 Å². The predicted octanol–water partition coefficient (Wildman–Crippen LogP) is 0.0749. The summed E-state index contributed by atoms with van der Waals surface area (Å²) in [5, 5.41) is 5.98. The molecule has 0 spiro atoms. The first-order chi connectivity index (χ1) is 6.36. The molecule has 1 saturated heterocycles. The lowest BCUT2D eigenvalue weighted by atomic mass is 10.3. The van der Waals surface area contributed by atoms with Crippen LogP contribution in [0.3, 0.4) is 0 Å². The molecule has 1 fully saturated rings. The van der Waals surface area contributed by atoms with Gasteiger partial charge in [0.1, 0.15) is 5.01 Å². The van der Waals surface area contributed by atoms with Crippen LogP contribution in [-0.4, -0.2) is 35.4 Å². The third-order valence-corrected chi connectivity index (χ3v) is 2.76. The summed E-state index contributed by atoms with van der Waals surface area (Å²) < 4.78 is 0. The lowest BCUT2D eigenvalue weighted by Crippen LogP contribution is -2.47. The largest absolute Gasteiger partial charge is 0.334 e. The maximum atomic E-state index is 11.4. The molecule has 0 bridgehead atoms. The van der Waals surface area contributed by atoms with Crippen LogP contribution in [-0.2, 0) is 11.3 Å². The van der Waals surface area contributed by atoms with Crippen LogP contribution in [0.15, 0.2) is 11.6 Å². The van der Waals surface area contributed by atoms with Gasteiger partial charge in [-0.3, -0.25) is 4.79 Å². The number of hydrogen-bond acceptors (Lipinski definition) is 4. The van der Waals surface area contributed by atoms with E-state index in [0.717, 1.165) is 18.1 Å². The Labute approximate surface area is 80.6 Å². The molecule has 2 heterocycles. The van der Waals surface area contributed by atoms with Crippen molar-refractivity contribution < 1.29 is 4.79 Å². The number of hydrogen-bond donors (Lipinski definition) is 1. The highest BCUT2D eigenvalue weighted by Crippen LogP contribution is 2.08. The van der Waals surface area contributed by atoms with Crippen LogP contribution in [0.5, 0.6) is 0 Å². The zero-order valence-electron chi connectivity index (χ0n) is 7.19. The average Bonchev–Trinajstić information content (AvgIpc) is 2.61. The van der Waals surface area contributed by atoms with E-state index in [1.807, 2.05) is 10.3 Å². The summed E-state index contributed by atoms with van der Waals surface area (Å²) in [4.78, 5) is 17.4. The summed E-state index contributed by atoms with van der Waals surface area (Å²) in [6, 6.07) is 0. The van der Waals surface area contributed by atoms with Crippen molar-refractivity contribution in [2.24, 2.45) is 0 Å². The second-order valence-electron chi connectivity index (χ2n) is 2.92. The molecule has 1 aliphatic rings. The van der Waals surface area contributed by atoms with Crippen molar-refractivity contribution >= 4 is 17.2 Å². The monoisotopic (exact) mass is 197 g/mol. The van der Waals surface area contributed by atoms with Crippen molar-refractivity contribution in [1.82, 2.24) is 15.2 Å². The number of rotatable bonds is 2. The zero-order chi connectivity index (χ0) is 9.10. The SMILES string of the molecule is O=C1CNCCN1Cc1nccs1. The topological polar surface area (TPSA) is 45.2 Å². The normalized spacial score (nSPS) is 17.8. The smallest absolute Gasteiger partial charge is 0.236 e. The van der Waals surface area contributed by atoms with Gasteiger partial charge in [-0.25, -0.2) is 4.98 Å². The number of amides is 1. The van der Waals surface area contributed by atoms with E-state index in [0.29, 0.717) is 13.1 Å². The van der Waals surface area contributed by atoms with Gasteiger partial charge in [-0.1, -0.05) is 0 Å². The second-order valence-corrected chi connectivity index (χ2v) is 3.90. The molecule has 70 valence electrons. The summed E-state index contributed by atoms with van der Waals surface area (Å²) in [5.74, 6) is 0.168. The molecule has 1 amide bonds. The summed E-state index contributed by atoms with van der Waals surface area (Å²) in [6.07, 6.45) is 1.77. The lowest BCUT2D eigenvalue weighted by molar-refractivity contribution is -0.132. The Kier molecular flexibility index (Phi) is 2.56. The van der Waals surface area contributed by atoms with Crippen LogP contribution in [0, 0.1) is 0 Å². The highest BCUT2D eigenvalue weighted by molar-refractivity contribution is 7.09. The third kappa shape index (κ3) is 2.05. The van der Waals surface area contributed by atoms with E-state index in [4.69, 9.17) is 0 Å². The Morgan fingerprint density at radius 1 is 1.69 bits per heavy atom. The summed E-state index contributed by atoms with van der Waals surface area (Å²) in [5.41, 5.74) is 0. The van der Waals surface area contributed by atoms with Crippen LogP contribution in [0.4, 0.5) is 0 Å². The molecule has 1 aromatic heterocycles. The molecule has 0 radical (unpaired) electrons. The number of nitrogens with one attached hydrogen (secondary N) is 1. The van der Waals surface area contributed by atoms with E-state index in [1.54, 1.807) is 17.5 Å². The van der Waals surface area contributed by atoms with Gasteiger partial charge in [0.2, 0.25) is 5.91 Å². The first-order valence-corrected chi connectivity index (χ1v) is 5.11. The Bertz CT molecular complexity index is 286. The van der Waals surface area contributed by atoms with Crippen molar-refractivity contribution in [2.45, 2.75) is 6.54 Å². The van der Waals surface area contributed by atoms with E-state index < -0.39 is 0 Å². The van der Waals surface area contributed by atoms with Crippen molar-refractivity contribution in [1.29, 1.82) is 0 Å². The molecule has 13 heavy (non-hydrogen) atoms. The number of nitrogens with zero attached hydrogens (tertiary/aromatic N) is 2. The van der Waals surface area contributed by atoms with E-state index >= 15 is 0 Å². The molecule has 0 aliphatic carbocycles. The van der Waals surface area contributed by atoms with Gasteiger partial charge in [0, 0.05) is 24.7 Å². The van der Waals surface area contributed by atoms with E-state index in [1.165, 1.54) is 0 Å². The van der Waals surface area contributed by atoms with Crippen molar-refractivity contribution in [3.05, 3.63) is 16.6 Å². The van der Waals surface area contributed by atoms with Crippen LogP contribution in [0.1, 0.15) is 5.01 Å². The van der Waals surface area contributed by atoms with Crippen LogP contribution in [0.25, 0.3) is 0 Å². The number of carbonyl (C=O) groups is 1. The van der Waals surface area contributed by atoms with Gasteiger partial charge in [0.15, 0.2) is 0 Å². The summed E-state index contributed by atoms with van der Waals surface area (Å²) in [7, 11) is 0. The molecular weight excluding hydrogens is 186 g/mol. The molecule has 2 rings (SSSR count). The van der Waals surface area contributed by atoms with Crippen LogP contribution < -0.4 is 5.32 Å². The first-order valence-electron chi connectivity index (χ1n) is 4.23. The van der Waals surface area contributed by atoms with E-state index in [2.05, 4.69) is 10.3 Å². The minimum atomic E-state index is 0.168. The molecule has 0 atom stereocenters. The molecule has 0 saturated carbocycles. The quantitative estimate of drug-likeness (QED) is 0.730. The van der Waals surface area contributed by atoms with Gasteiger partial charge in [0.25, 0.3) is 0 Å². The fraction of sp³-hybridized carbons (Fsp3) is 0.500. The van der Waals surface area contributed by atoms with Crippen LogP contribution in [0.2, 0.25) is 0 Å². The highest BCUT2D eigenvalue weighted by atomic mass is 32.1. The van der Waals surface area contributed by atoms with Gasteiger partial charge in [0.05, 0.1) is 13.1 Å². The number of piperazine rings is 1. The average molecular weight is 197 g/mol. The molecule has 4 nitrogen and oxygen atoms in total. The molecule has 0 unspecified atom stereocenters. The Balaban J connectivity index is 1.97. The van der Waals surface area contributed by atoms with Crippen LogP contribution >= 0.6 is 11.3 Å². The maximum Gasteiger partial charge on any atom is 0.236 e. The lowest BCUT2D eigenvalue weighted by Gasteiger charge is -2.26. The Hall–Kier alpha value is -0.940.